The summed E-state index contributed by atoms with van der Waals surface area (Å²) in [6.07, 6.45) is 4.00. The molecular weight excluding hydrogens is 208 g/mol. The summed E-state index contributed by atoms with van der Waals surface area (Å²) in [6.45, 7) is 0.686. The van der Waals surface area contributed by atoms with Crippen LogP contribution in [0.25, 0.3) is 0 Å². The Labute approximate surface area is 93.2 Å². The third-order valence-corrected chi connectivity index (χ3v) is 2.59. The van der Waals surface area contributed by atoms with Crippen molar-refractivity contribution in [2.75, 3.05) is 6.54 Å². The number of amides is 2. The van der Waals surface area contributed by atoms with Crippen molar-refractivity contribution in [1.82, 2.24) is 10.6 Å². The molecule has 0 unspecified atom stereocenters. The highest BCUT2D eigenvalue weighted by atomic mass is 16.3. The maximum atomic E-state index is 11.6. The first-order chi connectivity index (χ1) is 7.77. The van der Waals surface area contributed by atoms with Crippen molar-refractivity contribution in [3.05, 3.63) is 24.2 Å². The molecule has 5 nitrogen and oxygen atoms in total. The van der Waals surface area contributed by atoms with Crippen LogP contribution in [0.5, 0.6) is 0 Å². The number of carbonyl (C=O) groups is 2. The van der Waals surface area contributed by atoms with E-state index >= 15 is 0 Å². The molecule has 1 aliphatic rings. The van der Waals surface area contributed by atoms with E-state index in [1.165, 1.54) is 6.26 Å². The second kappa shape index (κ2) is 4.83. The standard InChI is InChI=1S/C11H14N2O3/c14-10-8(4-1-2-6-12-10)13-11(15)9-5-3-7-16-9/h3,5,7-8H,1-2,4,6H2,(H,12,14)(H,13,15)/t8-/m1/s1. The Hall–Kier alpha value is -1.78. The van der Waals surface area contributed by atoms with E-state index in [1.54, 1.807) is 12.1 Å². The van der Waals surface area contributed by atoms with Gasteiger partial charge in [-0.3, -0.25) is 9.59 Å². The maximum Gasteiger partial charge on any atom is 0.287 e. The quantitative estimate of drug-likeness (QED) is 0.772. The summed E-state index contributed by atoms with van der Waals surface area (Å²) < 4.78 is 4.96. The van der Waals surface area contributed by atoms with E-state index < -0.39 is 6.04 Å². The van der Waals surface area contributed by atoms with Gasteiger partial charge in [-0.15, -0.1) is 0 Å². The molecule has 0 radical (unpaired) electrons. The van der Waals surface area contributed by atoms with Crippen molar-refractivity contribution in [1.29, 1.82) is 0 Å². The van der Waals surface area contributed by atoms with Gasteiger partial charge in [-0.25, -0.2) is 0 Å². The van der Waals surface area contributed by atoms with Crippen LogP contribution < -0.4 is 10.6 Å². The number of rotatable bonds is 2. The number of hydrogen-bond donors (Lipinski definition) is 2. The second-order valence-corrected chi connectivity index (χ2v) is 3.79. The van der Waals surface area contributed by atoms with Crippen LogP contribution in [-0.2, 0) is 4.79 Å². The van der Waals surface area contributed by atoms with Gasteiger partial charge in [-0.2, -0.15) is 0 Å². The van der Waals surface area contributed by atoms with E-state index in [0.29, 0.717) is 13.0 Å². The molecule has 1 atom stereocenters. The largest absolute Gasteiger partial charge is 0.459 e. The first kappa shape index (κ1) is 10.7. The molecule has 2 rings (SSSR count). The van der Waals surface area contributed by atoms with Crippen LogP contribution in [0.3, 0.4) is 0 Å². The fraction of sp³-hybridized carbons (Fsp3) is 0.455. The molecule has 1 aromatic rings. The van der Waals surface area contributed by atoms with E-state index in [0.717, 1.165) is 12.8 Å². The molecule has 1 aliphatic heterocycles. The summed E-state index contributed by atoms with van der Waals surface area (Å²) in [7, 11) is 0. The third-order valence-electron chi connectivity index (χ3n) is 2.59. The molecule has 0 bridgehead atoms. The lowest BCUT2D eigenvalue weighted by molar-refractivity contribution is -0.122. The molecule has 1 fully saturated rings. The van der Waals surface area contributed by atoms with Crippen molar-refractivity contribution in [3.63, 3.8) is 0 Å². The Morgan fingerprint density at radius 1 is 1.50 bits per heavy atom. The topological polar surface area (TPSA) is 71.3 Å². The highest BCUT2D eigenvalue weighted by molar-refractivity contribution is 5.95. The fourth-order valence-electron chi connectivity index (χ4n) is 1.71. The van der Waals surface area contributed by atoms with E-state index in [2.05, 4.69) is 10.6 Å². The lowest BCUT2D eigenvalue weighted by Crippen LogP contribution is -2.45. The van der Waals surface area contributed by atoms with Crippen molar-refractivity contribution in [3.8, 4) is 0 Å². The third kappa shape index (κ3) is 2.42. The molecule has 2 N–H and O–H groups in total. The molecule has 2 heterocycles. The zero-order valence-electron chi connectivity index (χ0n) is 8.86. The summed E-state index contributed by atoms with van der Waals surface area (Å²) in [5, 5.41) is 5.43. The van der Waals surface area contributed by atoms with Gasteiger partial charge < -0.3 is 15.1 Å². The van der Waals surface area contributed by atoms with Gasteiger partial charge in [0.1, 0.15) is 6.04 Å². The number of nitrogens with one attached hydrogen (secondary N) is 2. The molecule has 2 amide bonds. The van der Waals surface area contributed by atoms with Crippen LogP contribution in [0.1, 0.15) is 29.8 Å². The monoisotopic (exact) mass is 222 g/mol. The second-order valence-electron chi connectivity index (χ2n) is 3.79. The summed E-state index contributed by atoms with van der Waals surface area (Å²) in [5.74, 6) is -0.221. The van der Waals surface area contributed by atoms with Crippen LogP contribution >= 0.6 is 0 Å². The molecular formula is C11H14N2O3. The van der Waals surface area contributed by atoms with Gasteiger partial charge in [0.05, 0.1) is 6.26 Å². The molecule has 0 spiro atoms. The Morgan fingerprint density at radius 2 is 2.38 bits per heavy atom. The minimum absolute atomic E-state index is 0.114. The summed E-state index contributed by atoms with van der Waals surface area (Å²) >= 11 is 0. The first-order valence-electron chi connectivity index (χ1n) is 5.39. The lowest BCUT2D eigenvalue weighted by atomic mass is 10.1. The Kier molecular flexibility index (Phi) is 3.24. The zero-order chi connectivity index (χ0) is 11.4. The smallest absolute Gasteiger partial charge is 0.287 e. The van der Waals surface area contributed by atoms with E-state index in [1.807, 2.05) is 0 Å². The Balaban J connectivity index is 1.97. The van der Waals surface area contributed by atoms with Gasteiger partial charge in [0.2, 0.25) is 5.91 Å². The Morgan fingerprint density at radius 3 is 3.12 bits per heavy atom. The minimum atomic E-state index is -0.444. The highest BCUT2D eigenvalue weighted by Gasteiger charge is 2.23. The molecule has 0 saturated carbocycles. The molecule has 86 valence electrons. The van der Waals surface area contributed by atoms with Crippen molar-refractivity contribution < 1.29 is 14.0 Å². The first-order valence-corrected chi connectivity index (χ1v) is 5.39. The molecule has 1 aromatic heterocycles. The van der Waals surface area contributed by atoms with Gasteiger partial charge in [0, 0.05) is 6.54 Å². The van der Waals surface area contributed by atoms with Crippen molar-refractivity contribution in [2.45, 2.75) is 25.3 Å². The average Bonchev–Trinajstić information content (AvgIpc) is 2.73. The van der Waals surface area contributed by atoms with Crippen LogP contribution in [0.4, 0.5) is 0 Å². The predicted octanol–water partition coefficient (Wildman–Crippen LogP) is 0.678. The van der Waals surface area contributed by atoms with Crippen LogP contribution in [0, 0.1) is 0 Å². The lowest BCUT2D eigenvalue weighted by Gasteiger charge is -2.13. The van der Waals surface area contributed by atoms with E-state index in [-0.39, 0.29) is 17.6 Å². The SMILES string of the molecule is O=C(N[C@@H]1CCCCNC1=O)c1ccco1. The minimum Gasteiger partial charge on any atom is -0.459 e. The zero-order valence-corrected chi connectivity index (χ0v) is 8.86. The highest BCUT2D eigenvalue weighted by Crippen LogP contribution is 2.07. The summed E-state index contributed by atoms with van der Waals surface area (Å²) in [5.41, 5.74) is 0. The van der Waals surface area contributed by atoms with Gasteiger partial charge in [-0.1, -0.05) is 0 Å². The van der Waals surface area contributed by atoms with Gasteiger partial charge in [0.15, 0.2) is 5.76 Å². The normalized spacial score (nSPS) is 21.0. The summed E-state index contributed by atoms with van der Waals surface area (Å²) in [4.78, 5) is 23.2. The van der Waals surface area contributed by atoms with Gasteiger partial charge >= 0.3 is 0 Å². The average molecular weight is 222 g/mol. The summed E-state index contributed by atoms with van der Waals surface area (Å²) in [6, 6.07) is 2.77. The number of hydrogen-bond acceptors (Lipinski definition) is 3. The van der Waals surface area contributed by atoms with E-state index in [9.17, 15) is 9.59 Å². The molecule has 0 aromatic carbocycles. The number of carbonyl (C=O) groups excluding carboxylic acids is 2. The van der Waals surface area contributed by atoms with Crippen molar-refractivity contribution in [2.24, 2.45) is 0 Å². The molecule has 0 aliphatic carbocycles. The maximum absolute atomic E-state index is 11.6. The van der Waals surface area contributed by atoms with Crippen LogP contribution in [-0.4, -0.2) is 24.4 Å². The Bertz CT molecular complexity index is 373. The van der Waals surface area contributed by atoms with Crippen LogP contribution in [0.15, 0.2) is 22.8 Å². The molecule has 16 heavy (non-hydrogen) atoms. The number of furan rings is 1. The molecule has 5 heteroatoms. The predicted molar refractivity (Wildman–Crippen MR) is 56.8 cm³/mol. The van der Waals surface area contributed by atoms with Gasteiger partial charge in [-0.05, 0) is 31.4 Å². The van der Waals surface area contributed by atoms with Gasteiger partial charge in [0.25, 0.3) is 5.91 Å². The molecule has 1 saturated heterocycles. The van der Waals surface area contributed by atoms with E-state index in [4.69, 9.17) is 4.42 Å². The van der Waals surface area contributed by atoms with Crippen LogP contribution in [0.2, 0.25) is 0 Å². The fourth-order valence-corrected chi connectivity index (χ4v) is 1.71. The van der Waals surface area contributed by atoms with Crippen molar-refractivity contribution >= 4 is 11.8 Å².